The molecule has 0 amide bonds. The number of hydrogen-bond donors (Lipinski definition) is 0. The van der Waals surface area contributed by atoms with E-state index in [-0.39, 0.29) is 0 Å². The van der Waals surface area contributed by atoms with Gasteiger partial charge in [-0.25, -0.2) is 4.57 Å². The van der Waals surface area contributed by atoms with Crippen molar-refractivity contribution in [1.29, 1.82) is 0 Å². The highest BCUT2D eigenvalue weighted by Crippen LogP contribution is 2.59. The van der Waals surface area contributed by atoms with Gasteiger partial charge in [0.15, 0.2) is 0 Å². The Hall–Kier alpha value is -2.75. The van der Waals surface area contributed by atoms with Crippen LogP contribution in [0.3, 0.4) is 0 Å². The predicted octanol–water partition coefficient (Wildman–Crippen LogP) is 7.50. The van der Waals surface area contributed by atoms with Crippen LogP contribution in [0.4, 0.5) is 5.69 Å². The summed E-state index contributed by atoms with van der Waals surface area (Å²) < 4.78 is 28.9. The van der Waals surface area contributed by atoms with Crippen molar-refractivity contribution in [2.24, 2.45) is 0 Å². The van der Waals surface area contributed by atoms with Gasteiger partial charge in [-0.1, -0.05) is 58.4 Å². The van der Waals surface area contributed by atoms with E-state index >= 15 is 0 Å². The maximum atomic E-state index is 14.1. The summed E-state index contributed by atoms with van der Waals surface area (Å²) in [7, 11) is -3.69. The van der Waals surface area contributed by atoms with Gasteiger partial charge >= 0.3 is 7.75 Å². The van der Waals surface area contributed by atoms with Crippen molar-refractivity contribution in [3.05, 3.63) is 101 Å². The van der Waals surface area contributed by atoms with E-state index in [4.69, 9.17) is 9.05 Å². The van der Waals surface area contributed by atoms with Gasteiger partial charge in [-0.3, -0.25) is 4.67 Å². The Morgan fingerprint density at radius 1 is 0.967 bits per heavy atom. The summed E-state index contributed by atoms with van der Waals surface area (Å²) in [6.07, 6.45) is 0. The second kappa shape index (κ2) is 7.50. The smallest absolute Gasteiger partial charge is 0.400 e. The molecule has 1 aliphatic heterocycles. The maximum Gasteiger partial charge on any atom is 0.544 e. The minimum Gasteiger partial charge on any atom is -0.400 e. The van der Waals surface area contributed by atoms with Crippen molar-refractivity contribution in [3.8, 4) is 11.5 Å². The summed E-state index contributed by atoms with van der Waals surface area (Å²) in [5, 5.41) is 2.20. The summed E-state index contributed by atoms with van der Waals surface area (Å²) in [5.41, 5.74) is 2.79. The average molecular weight is 480 g/mol. The molecule has 0 aliphatic carbocycles. The van der Waals surface area contributed by atoms with Crippen LogP contribution >= 0.6 is 23.7 Å². The quantitative estimate of drug-likeness (QED) is 0.285. The minimum atomic E-state index is -3.69. The molecule has 0 N–H and O–H groups in total. The Morgan fingerprint density at radius 3 is 2.57 bits per heavy atom. The van der Waals surface area contributed by atoms with E-state index in [1.165, 1.54) is 0 Å². The molecule has 150 valence electrons. The molecule has 4 nitrogen and oxygen atoms in total. The van der Waals surface area contributed by atoms with Crippen molar-refractivity contribution in [2.45, 2.75) is 13.5 Å². The molecule has 1 atom stereocenters. The van der Waals surface area contributed by atoms with Crippen LogP contribution in [-0.4, -0.2) is 0 Å². The number of hydrogen-bond acceptors (Lipinski definition) is 3. The largest absolute Gasteiger partial charge is 0.544 e. The van der Waals surface area contributed by atoms with Crippen LogP contribution in [0.1, 0.15) is 11.1 Å². The van der Waals surface area contributed by atoms with Crippen molar-refractivity contribution >= 4 is 40.1 Å². The number of anilines is 1. The summed E-state index contributed by atoms with van der Waals surface area (Å²) in [4.78, 5) is 0. The molecule has 0 aromatic heterocycles. The first-order valence-electron chi connectivity index (χ1n) is 9.62. The fourth-order valence-electron chi connectivity index (χ4n) is 3.69. The van der Waals surface area contributed by atoms with Crippen molar-refractivity contribution < 1.29 is 13.6 Å². The fourth-order valence-corrected chi connectivity index (χ4v) is 5.72. The number of aryl methyl sites for hydroxylation is 1. The second-order valence-electron chi connectivity index (χ2n) is 7.27. The lowest BCUT2D eigenvalue weighted by Gasteiger charge is -2.36. The lowest BCUT2D eigenvalue weighted by atomic mass is 10.0. The van der Waals surface area contributed by atoms with E-state index in [1.807, 2.05) is 73.7 Å². The van der Waals surface area contributed by atoms with E-state index in [2.05, 4.69) is 28.1 Å². The number of nitrogens with zero attached hydrogens (tertiary/aromatic N) is 1. The van der Waals surface area contributed by atoms with Gasteiger partial charge in [0.05, 0.1) is 6.54 Å². The molecular formula is C24H19BrNO3P. The van der Waals surface area contributed by atoms with E-state index < -0.39 is 7.75 Å². The van der Waals surface area contributed by atoms with Gasteiger partial charge in [-0.15, -0.1) is 0 Å². The molecule has 4 aromatic rings. The Morgan fingerprint density at radius 2 is 1.77 bits per heavy atom. The fraction of sp³-hybridized carbons (Fsp3) is 0.0833. The molecule has 5 rings (SSSR count). The molecule has 1 heterocycles. The lowest BCUT2D eigenvalue weighted by molar-refractivity contribution is 0.371. The third kappa shape index (κ3) is 3.49. The van der Waals surface area contributed by atoms with Crippen LogP contribution in [0.15, 0.2) is 89.4 Å². The number of halogens is 1. The molecule has 6 heteroatoms. The molecule has 0 saturated carbocycles. The molecular weight excluding hydrogens is 461 g/mol. The summed E-state index contributed by atoms with van der Waals surface area (Å²) >= 11 is 3.47. The zero-order chi connectivity index (χ0) is 20.7. The van der Waals surface area contributed by atoms with Crippen LogP contribution in [0, 0.1) is 6.92 Å². The molecule has 30 heavy (non-hydrogen) atoms. The molecule has 1 unspecified atom stereocenters. The van der Waals surface area contributed by atoms with Crippen LogP contribution < -0.4 is 13.7 Å². The van der Waals surface area contributed by atoms with E-state index in [9.17, 15) is 4.57 Å². The summed E-state index contributed by atoms with van der Waals surface area (Å²) in [5.74, 6) is 1.11. The third-order valence-electron chi connectivity index (χ3n) is 5.15. The van der Waals surface area contributed by atoms with E-state index in [0.29, 0.717) is 18.0 Å². The highest BCUT2D eigenvalue weighted by atomic mass is 79.9. The van der Waals surface area contributed by atoms with Gasteiger partial charge in [0.25, 0.3) is 0 Å². The Labute approximate surface area is 183 Å². The molecule has 0 bridgehead atoms. The lowest BCUT2D eigenvalue weighted by Crippen LogP contribution is -2.29. The molecule has 1 aliphatic rings. The van der Waals surface area contributed by atoms with Crippen molar-refractivity contribution in [1.82, 2.24) is 0 Å². The highest BCUT2D eigenvalue weighted by Gasteiger charge is 2.42. The van der Waals surface area contributed by atoms with Crippen molar-refractivity contribution in [3.63, 3.8) is 0 Å². The SMILES string of the molecule is Cc1cccc(OP2(=O)Oc3ccc4ccccc4c3CN2c2ccc(Br)cc2)c1. The first kappa shape index (κ1) is 19.2. The summed E-state index contributed by atoms with van der Waals surface area (Å²) in [6.45, 7) is 2.39. The Bertz CT molecular complexity index is 1290. The molecule has 0 fully saturated rings. The zero-order valence-corrected chi connectivity index (χ0v) is 18.8. The molecule has 4 aromatic carbocycles. The highest BCUT2D eigenvalue weighted by molar-refractivity contribution is 9.10. The summed E-state index contributed by atoms with van der Waals surface area (Å²) in [6, 6.07) is 27.2. The third-order valence-corrected chi connectivity index (χ3v) is 7.51. The average Bonchev–Trinajstić information content (AvgIpc) is 2.73. The van der Waals surface area contributed by atoms with Gasteiger partial charge < -0.3 is 9.05 Å². The van der Waals surface area contributed by atoms with Crippen LogP contribution in [0.5, 0.6) is 11.5 Å². The number of rotatable bonds is 3. The predicted molar refractivity (Wildman–Crippen MR) is 124 cm³/mol. The van der Waals surface area contributed by atoms with Gasteiger partial charge in [-0.2, -0.15) is 0 Å². The number of fused-ring (bicyclic) bond motifs is 3. The first-order chi connectivity index (χ1) is 14.5. The van der Waals surface area contributed by atoms with E-state index in [0.717, 1.165) is 32.1 Å². The van der Waals surface area contributed by atoms with Crippen molar-refractivity contribution in [2.75, 3.05) is 4.67 Å². The van der Waals surface area contributed by atoms with Gasteiger partial charge in [0.1, 0.15) is 11.5 Å². The molecule has 0 saturated heterocycles. The number of benzene rings is 4. The van der Waals surface area contributed by atoms with Crippen LogP contribution in [0.25, 0.3) is 10.8 Å². The normalized spacial score (nSPS) is 18.0. The zero-order valence-electron chi connectivity index (χ0n) is 16.3. The minimum absolute atomic E-state index is 0.418. The van der Waals surface area contributed by atoms with Gasteiger partial charge in [0, 0.05) is 15.7 Å². The van der Waals surface area contributed by atoms with Crippen LogP contribution in [-0.2, 0) is 11.1 Å². The first-order valence-corrected chi connectivity index (χ1v) is 11.9. The monoisotopic (exact) mass is 479 g/mol. The Kier molecular flexibility index (Phi) is 4.80. The topological polar surface area (TPSA) is 38.8 Å². The van der Waals surface area contributed by atoms with Gasteiger partial charge in [0.2, 0.25) is 0 Å². The molecule has 0 spiro atoms. The van der Waals surface area contributed by atoms with Crippen LogP contribution in [0.2, 0.25) is 0 Å². The molecule has 0 radical (unpaired) electrons. The van der Waals surface area contributed by atoms with Gasteiger partial charge in [-0.05, 0) is 65.7 Å². The Balaban J connectivity index is 1.65. The maximum absolute atomic E-state index is 14.1. The second-order valence-corrected chi connectivity index (χ2v) is 9.97. The van der Waals surface area contributed by atoms with E-state index in [1.54, 1.807) is 10.7 Å². The standard InChI is InChI=1S/C24H19BrNO3P/c1-17-5-4-7-21(15-17)28-30(27)26(20-12-10-19(25)11-13-20)16-23-22-8-3-2-6-18(22)9-14-24(23)29-30/h2-15H,16H2,1H3.